The normalized spacial score (nSPS) is 29.1. The van der Waals surface area contributed by atoms with Crippen LogP contribution in [0.5, 0.6) is 0 Å². The van der Waals surface area contributed by atoms with Crippen LogP contribution < -0.4 is 5.73 Å². The Labute approximate surface area is 111 Å². The summed E-state index contributed by atoms with van der Waals surface area (Å²) >= 11 is 0. The maximum Gasteiger partial charge on any atom is 0.222 e. The Morgan fingerprint density at radius 2 is 1.82 bits per heavy atom. The van der Waals surface area contributed by atoms with Gasteiger partial charge in [-0.25, -0.2) is 0 Å². The fourth-order valence-corrected chi connectivity index (χ4v) is 3.18. The standard InChI is InChI=1S/C13H24N2O.ClH/c1-15(11-6-2-3-7-11)13(16)9-10-5-4-8-12(10)14;/h10-12H,2-9,14H2,1H3;1H/t10-,12+;/m0./s1. The van der Waals surface area contributed by atoms with Crippen LogP contribution in [-0.2, 0) is 4.79 Å². The van der Waals surface area contributed by atoms with Crippen molar-refractivity contribution in [3.63, 3.8) is 0 Å². The number of rotatable bonds is 3. The van der Waals surface area contributed by atoms with E-state index in [1.807, 2.05) is 11.9 Å². The van der Waals surface area contributed by atoms with Gasteiger partial charge in [-0.3, -0.25) is 4.79 Å². The molecule has 2 rings (SSSR count). The van der Waals surface area contributed by atoms with Crippen LogP contribution in [0.15, 0.2) is 0 Å². The molecule has 100 valence electrons. The van der Waals surface area contributed by atoms with Crippen molar-refractivity contribution in [2.75, 3.05) is 7.05 Å². The van der Waals surface area contributed by atoms with Gasteiger partial charge in [0.05, 0.1) is 0 Å². The molecule has 2 N–H and O–H groups in total. The van der Waals surface area contributed by atoms with Crippen molar-refractivity contribution in [2.24, 2.45) is 11.7 Å². The van der Waals surface area contributed by atoms with Crippen molar-refractivity contribution in [3.05, 3.63) is 0 Å². The summed E-state index contributed by atoms with van der Waals surface area (Å²) in [6.07, 6.45) is 9.07. The Balaban J connectivity index is 0.00000144. The van der Waals surface area contributed by atoms with Gasteiger partial charge in [-0.1, -0.05) is 19.3 Å². The summed E-state index contributed by atoms with van der Waals surface area (Å²) in [6.45, 7) is 0. The van der Waals surface area contributed by atoms with Crippen molar-refractivity contribution in [3.8, 4) is 0 Å². The lowest BCUT2D eigenvalue weighted by Crippen LogP contribution is -2.38. The largest absolute Gasteiger partial charge is 0.343 e. The first-order valence-corrected chi connectivity index (χ1v) is 6.69. The highest BCUT2D eigenvalue weighted by Crippen LogP contribution is 2.29. The van der Waals surface area contributed by atoms with Gasteiger partial charge in [0.2, 0.25) is 5.91 Å². The van der Waals surface area contributed by atoms with Gasteiger partial charge >= 0.3 is 0 Å². The fourth-order valence-electron chi connectivity index (χ4n) is 3.18. The molecule has 2 saturated carbocycles. The molecule has 0 bridgehead atoms. The highest BCUT2D eigenvalue weighted by molar-refractivity contribution is 5.85. The molecule has 2 aliphatic carbocycles. The summed E-state index contributed by atoms with van der Waals surface area (Å²) in [5, 5.41) is 0. The molecule has 0 radical (unpaired) electrons. The first-order chi connectivity index (χ1) is 7.68. The van der Waals surface area contributed by atoms with Gasteiger partial charge in [0.15, 0.2) is 0 Å². The Morgan fingerprint density at radius 3 is 2.35 bits per heavy atom. The highest BCUT2D eigenvalue weighted by atomic mass is 35.5. The summed E-state index contributed by atoms with van der Waals surface area (Å²) in [5.41, 5.74) is 6.01. The van der Waals surface area contributed by atoms with Gasteiger partial charge in [-0.05, 0) is 31.6 Å². The average Bonchev–Trinajstić information content (AvgIpc) is 2.89. The van der Waals surface area contributed by atoms with E-state index in [2.05, 4.69) is 0 Å². The minimum atomic E-state index is 0. The predicted molar refractivity (Wildman–Crippen MR) is 72.2 cm³/mol. The van der Waals surface area contributed by atoms with Gasteiger partial charge in [0.1, 0.15) is 0 Å². The molecule has 0 saturated heterocycles. The lowest BCUT2D eigenvalue weighted by molar-refractivity contribution is -0.132. The van der Waals surface area contributed by atoms with E-state index in [9.17, 15) is 4.79 Å². The molecule has 0 heterocycles. The Kier molecular flexibility index (Phi) is 5.74. The molecule has 0 spiro atoms. The van der Waals surface area contributed by atoms with E-state index in [1.165, 1.54) is 32.1 Å². The molecule has 4 heteroatoms. The van der Waals surface area contributed by atoms with Crippen LogP contribution in [0.2, 0.25) is 0 Å². The minimum absolute atomic E-state index is 0. The summed E-state index contributed by atoms with van der Waals surface area (Å²) in [7, 11) is 1.97. The zero-order valence-corrected chi connectivity index (χ0v) is 11.5. The molecule has 0 aromatic rings. The second kappa shape index (κ2) is 6.60. The van der Waals surface area contributed by atoms with E-state index in [-0.39, 0.29) is 18.4 Å². The summed E-state index contributed by atoms with van der Waals surface area (Å²) in [4.78, 5) is 14.1. The second-order valence-corrected chi connectivity index (χ2v) is 5.50. The molecule has 2 aliphatic rings. The molecule has 0 aliphatic heterocycles. The van der Waals surface area contributed by atoms with Crippen LogP contribution in [0.1, 0.15) is 51.4 Å². The average molecular weight is 261 g/mol. The summed E-state index contributed by atoms with van der Waals surface area (Å²) < 4.78 is 0. The van der Waals surface area contributed by atoms with E-state index in [4.69, 9.17) is 5.73 Å². The van der Waals surface area contributed by atoms with E-state index >= 15 is 0 Å². The van der Waals surface area contributed by atoms with Crippen molar-refractivity contribution in [2.45, 2.75) is 63.5 Å². The lowest BCUT2D eigenvalue weighted by Gasteiger charge is -2.26. The third kappa shape index (κ3) is 3.59. The lowest BCUT2D eigenvalue weighted by atomic mass is 9.99. The minimum Gasteiger partial charge on any atom is -0.343 e. The van der Waals surface area contributed by atoms with E-state index in [0.717, 1.165) is 12.8 Å². The van der Waals surface area contributed by atoms with Gasteiger partial charge in [-0.15, -0.1) is 12.4 Å². The second-order valence-electron chi connectivity index (χ2n) is 5.50. The number of nitrogens with zero attached hydrogens (tertiary/aromatic N) is 1. The molecule has 1 amide bonds. The van der Waals surface area contributed by atoms with Crippen molar-refractivity contribution in [1.82, 2.24) is 4.90 Å². The molecular weight excluding hydrogens is 236 g/mol. The van der Waals surface area contributed by atoms with Crippen LogP contribution in [0.3, 0.4) is 0 Å². The zero-order chi connectivity index (χ0) is 11.5. The molecule has 3 nitrogen and oxygen atoms in total. The molecule has 17 heavy (non-hydrogen) atoms. The summed E-state index contributed by atoms with van der Waals surface area (Å²) in [6, 6.07) is 0.769. The van der Waals surface area contributed by atoms with Crippen LogP contribution in [-0.4, -0.2) is 29.9 Å². The molecule has 0 aromatic carbocycles. The molecule has 2 fully saturated rings. The van der Waals surface area contributed by atoms with E-state index < -0.39 is 0 Å². The van der Waals surface area contributed by atoms with Crippen LogP contribution in [0.25, 0.3) is 0 Å². The topological polar surface area (TPSA) is 46.3 Å². The zero-order valence-electron chi connectivity index (χ0n) is 10.7. The molecule has 2 atom stereocenters. The molecular formula is C13H25ClN2O. The van der Waals surface area contributed by atoms with Gasteiger partial charge < -0.3 is 10.6 Å². The number of hydrogen-bond donors (Lipinski definition) is 1. The number of carbonyl (C=O) groups excluding carboxylic acids is 1. The first kappa shape index (κ1) is 14.8. The van der Waals surface area contributed by atoms with Gasteiger partial charge in [0, 0.05) is 25.6 Å². The van der Waals surface area contributed by atoms with Crippen molar-refractivity contribution < 1.29 is 4.79 Å². The SMILES string of the molecule is CN(C(=O)C[C@@H]1CCC[C@H]1N)C1CCCC1.Cl. The number of carbonyl (C=O) groups is 1. The van der Waals surface area contributed by atoms with Gasteiger partial charge in [-0.2, -0.15) is 0 Å². The maximum absolute atomic E-state index is 12.1. The monoisotopic (exact) mass is 260 g/mol. The third-order valence-electron chi connectivity index (χ3n) is 4.42. The predicted octanol–water partition coefficient (Wildman–Crippen LogP) is 2.33. The van der Waals surface area contributed by atoms with E-state index in [0.29, 0.717) is 24.3 Å². The maximum atomic E-state index is 12.1. The summed E-state index contributed by atoms with van der Waals surface area (Å²) in [5.74, 6) is 0.755. The Morgan fingerprint density at radius 1 is 1.18 bits per heavy atom. The first-order valence-electron chi connectivity index (χ1n) is 6.69. The van der Waals surface area contributed by atoms with Crippen LogP contribution in [0, 0.1) is 5.92 Å². The number of nitrogens with two attached hydrogens (primary N) is 1. The molecule has 0 aromatic heterocycles. The Hall–Kier alpha value is -0.280. The highest BCUT2D eigenvalue weighted by Gasteiger charge is 2.29. The van der Waals surface area contributed by atoms with Crippen LogP contribution in [0.4, 0.5) is 0 Å². The third-order valence-corrected chi connectivity index (χ3v) is 4.42. The number of halogens is 1. The molecule has 0 unspecified atom stereocenters. The van der Waals surface area contributed by atoms with Crippen molar-refractivity contribution >= 4 is 18.3 Å². The quantitative estimate of drug-likeness (QED) is 0.847. The Bertz CT molecular complexity index is 254. The number of amides is 1. The smallest absolute Gasteiger partial charge is 0.222 e. The van der Waals surface area contributed by atoms with E-state index in [1.54, 1.807) is 0 Å². The fraction of sp³-hybridized carbons (Fsp3) is 0.923. The van der Waals surface area contributed by atoms with Crippen molar-refractivity contribution in [1.29, 1.82) is 0 Å². The number of hydrogen-bond acceptors (Lipinski definition) is 2. The van der Waals surface area contributed by atoms with Crippen LogP contribution >= 0.6 is 12.4 Å². The van der Waals surface area contributed by atoms with Gasteiger partial charge in [0.25, 0.3) is 0 Å².